The molecule has 0 aliphatic rings. The molecule has 21 heavy (non-hydrogen) atoms. The summed E-state index contributed by atoms with van der Waals surface area (Å²) in [5, 5.41) is 4.78. The second-order valence-electron chi connectivity index (χ2n) is 5.63. The van der Waals surface area contributed by atoms with E-state index in [0.29, 0.717) is 18.1 Å². The van der Waals surface area contributed by atoms with Gasteiger partial charge < -0.3 is 10.3 Å². The molecule has 2 atom stereocenters. The van der Waals surface area contributed by atoms with Crippen LogP contribution in [0.3, 0.4) is 0 Å². The van der Waals surface area contributed by atoms with Crippen molar-refractivity contribution in [2.24, 2.45) is 5.73 Å². The van der Waals surface area contributed by atoms with Gasteiger partial charge >= 0.3 is 0 Å². The van der Waals surface area contributed by atoms with Crippen LogP contribution < -0.4 is 5.73 Å². The molecule has 0 spiro atoms. The first-order valence-electron chi connectivity index (χ1n) is 7.37. The monoisotopic (exact) mass is 307 g/mol. The maximum Gasteiger partial charge on any atom is 0.229 e. The summed E-state index contributed by atoms with van der Waals surface area (Å²) >= 11 is 6.14. The standard InChI is InChI=1S/C16H22ClN3O/c1-11(6-5-7-12(2)18)16-19-15(20-21-16)10-13-8-3-4-9-14(13)17/h3-4,8-9,11-12H,5-7,10,18H2,1-2H3. The Morgan fingerprint density at radius 1 is 1.24 bits per heavy atom. The molecule has 0 amide bonds. The number of benzene rings is 1. The molecule has 0 aliphatic carbocycles. The zero-order valence-corrected chi connectivity index (χ0v) is 13.3. The minimum Gasteiger partial charge on any atom is -0.339 e. The zero-order valence-electron chi connectivity index (χ0n) is 12.6. The predicted octanol–water partition coefficient (Wildman–Crippen LogP) is 3.93. The normalized spacial score (nSPS) is 14.1. The maximum atomic E-state index is 6.14. The number of aromatic nitrogens is 2. The van der Waals surface area contributed by atoms with Crippen LogP contribution in [0.2, 0.25) is 5.02 Å². The van der Waals surface area contributed by atoms with E-state index >= 15 is 0 Å². The molecular weight excluding hydrogens is 286 g/mol. The predicted molar refractivity (Wildman–Crippen MR) is 84.5 cm³/mol. The minimum absolute atomic E-state index is 0.246. The van der Waals surface area contributed by atoms with Gasteiger partial charge in [-0.1, -0.05) is 48.3 Å². The number of hydrogen-bond acceptors (Lipinski definition) is 4. The van der Waals surface area contributed by atoms with Gasteiger partial charge in [0.15, 0.2) is 5.82 Å². The Kier molecular flexibility index (Phi) is 5.76. The first kappa shape index (κ1) is 16.0. The van der Waals surface area contributed by atoms with Crippen LogP contribution >= 0.6 is 11.6 Å². The number of halogens is 1. The van der Waals surface area contributed by atoms with Crippen LogP contribution in [0.1, 0.15) is 56.3 Å². The summed E-state index contributed by atoms with van der Waals surface area (Å²) in [7, 11) is 0. The molecule has 0 bridgehead atoms. The highest BCUT2D eigenvalue weighted by Gasteiger charge is 2.15. The third-order valence-corrected chi connectivity index (χ3v) is 3.88. The molecule has 0 saturated carbocycles. The van der Waals surface area contributed by atoms with Gasteiger partial charge in [-0.2, -0.15) is 4.98 Å². The van der Waals surface area contributed by atoms with Crippen LogP contribution in [0.25, 0.3) is 0 Å². The third-order valence-electron chi connectivity index (χ3n) is 3.51. The lowest BCUT2D eigenvalue weighted by Gasteiger charge is -2.07. The van der Waals surface area contributed by atoms with Crippen molar-refractivity contribution < 1.29 is 4.52 Å². The second-order valence-corrected chi connectivity index (χ2v) is 6.03. The molecule has 114 valence electrons. The molecule has 2 unspecified atom stereocenters. The Bertz CT molecular complexity index is 568. The third kappa shape index (κ3) is 4.83. The largest absolute Gasteiger partial charge is 0.339 e. The van der Waals surface area contributed by atoms with E-state index < -0.39 is 0 Å². The van der Waals surface area contributed by atoms with Crippen LogP contribution in [-0.2, 0) is 6.42 Å². The molecule has 5 heteroatoms. The van der Waals surface area contributed by atoms with Crippen molar-refractivity contribution >= 4 is 11.6 Å². The van der Waals surface area contributed by atoms with E-state index in [9.17, 15) is 0 Å². The van der Waals surface area contributed by atoms with Crippen molar-refractivity contribution in [2.45, 2.75) is 51.5 Å². The molecule has 2 aromatic rings. The van der Waals surface area contributed by atoms with E-state index in [0.717, 1.165) is 29.8 Å². The Labute approximate surface area is 130 Å². The molecule has 2 N–H and O–H groups in total. The van der Waals surface area contributed by atoms with Crippen LogP contribution in [0.5, 0.6) is 0 Å². The Balaban J connectivity index is 1.93. The van der Waals surface area contributed by atoms with Crippen LogP contribution in [-0.4, -0.2) is 16.2 Å². The molecule has 0 saturated heterocycles. The summed E-state index contributed by atoms with van der Waals surface area (Å²) in [6.45, 7) is 4.13. The van der Waals surface area contributed by atoms with Crippen molar-refractivity contribution in [1.29, 1.82) is 0 Å². The number of nitrogens with two attached hydrogens (primary N) is 1. The van der Waals surface area contributed by atoms with Gasteiger partial charge in [-0.25, -0.2) is 0 Å². The lowest BCUT2D eigenvalue weighted by Crippen LogP contribution is -2.14. The fraction of sp³-hybridized carbons (Fsp3) is 0.500. The molecule has 4 nitrogen and oxygen atoms in total. The molecule has 2 rings (SSSR count). The van der Waals surface area contributed by atoms with Crippen molar-refractivity contribution in [3.63, 3.8) is 0 Å². The van der Waals surface area contributed by atoms with Crippen molar-refractivity contribution in [3.05, 3.63) is 46.6 Å². The van der Waals surface area contributed by atoms with Gasteiger partial charge in [0.05, 0.1) is 0 Å². The summed E-state index contributed by atoms with van der Waals surface area (Å²) in [5.74, 6) is 1.63. The molecular formula is C16H22ClN3O. The van der Waals surface area contributed by atoms with Crippen molar-refractivity contribution in [2.75, 3.05) is 0 Å². The summed E-state index contributed by atoms with van der Waals surface area (Å²) in [6.07, 6.45) is 3.69. The summed E-state index contributed by atoms with van der Waals surface area (Å²) < 4.78 is 5.36. The maximum absolute atomic E-state index is 6.14. The number of hydrogen-bond donors (Lipinski definition) is 1. The fourth-order valence-electron chi connectivity index (χ4n) is 2.22. The summed E-state index contributed by atoms with van der Waals surface area (Å²) in [4.78, 5) is 4.48. The highest BCUT2D eigenvalue weighted by atomic mass is 35.5. The molecule has 0 radical (unpaired) electrons. The van der Waals surface area contributed by atoms with E-state index in [2.05, 4.69) is 17.1 Å². The summed E-state index contributed by atoms with van der Waals surface area (Å²) in [5.41, 5.74) is 6.77. The highest BCUT2D eigenvalue weighted by molar-refractivity contribution is 6.31. The molecule has 1 aromatic heterocycles. The van der Waals surface area contributed by atoms with E-state index in [1.165, 1.54) is 0 Å². The Morgan fingerprint density at radius 3 is 2.71 bits per heavy atom. The molecule has 0 aliphatic heterocycles. The van der Waals surface area contributed by atoms with Gasteiger partial charge in [0, 0.05) is 23.4 Å². The van der Waals surface area contributed by atoms with Gasteiger partial charge in [0.1, 0.15) is 0 Å². The average Bonchev–Trinajstić information content (AvgIpc) is 2.89. The van der Waals surface area contributed by atoms with Gasteiger partial charge in [0.25, 0.3) is 0 Å². The first-order valence-corrected chi connectivity index (χ1v) is 7.75. The molecule has 0 fully saturated rings. The quantitative estimate of drug-likeness (QED) is 0.841. The lowest BCUT2D eigenvalue weighted by atomic mass is 10.0. The van der Waals surface area contributed by atoms with Crippen LogP contribution in [0.15, 0.2) is 28.8 Å². The Morgan fingerprint density at radius 2 is 2.00 bits per heavy atom. The van der Waals surface area contributed by atoms with Crippen LogP contribution in [0, 0.1) is 0 Å². The second kappa shape index (κ2) is 7.57. The number of nitrogens with zero attached hydrogens (tertiary/aromatic N) is 2. The zero-order chi connectivity index (χ0) is 15.2. The van der Waals surface area contributed by atoms with E-state index in [1.54, 1.807) is 0 Å². The Hall–Kier alpha value is -1.39. The lowest BCUT2D eigenvalue weighted by molar-refractivity contribution is 0.346. The topological polar surface area (TPSA) is 64.9 Å². The fourth-order valence-corrected chi connectivity index (χ4v) is 2.42. The molecule has 1 aromatic carbocycles. The number of rotatable bonds is 7. The smallest absolute Gasteiger partial charge is 0.229 e. The molecule has 1 heterocycles. The SMILES string of the molecule is CC(N)CCCC(C)c1nc(Cc2ccccc2Cl)no1. The van der Waals surface area contributed by atoms with Gasteiger partial charge in [-0.3, -0.25) is 0 Å². The van der Waals surface area contributed by atoms with E-state index in [1.807, 2.05) is 31.2 Å². The van der Waals surface area contributed by atoms with Gasteiger partial charge in [0.2, 0.25) is 5.89 Å². The van der Waals surface area contributed by atoms with E-state index in [4.69, 9.17) is 21.9 Å². The average molecular weight is 308 g/mol. The summed E-state index contributed by atoms with van der Waals surface area (Å²) in [6, 6.07) is 7.96. The first-order chi connectivity index (χ1) is 10.1. The van der Waals surface area contributed by atoms with Crippen LogP contribution in [0.4, 0.5) is 0 Å². The minimum atomic E-state index is 0.246. The van der Waals surface area contributed by atoms with Gasteiger partial charge in [-0.15, -0.1) is 0 Å². The van der Waals surface area contributed by atoms with Gasteiger partial charge in [-0.05, 0) is 31.4 Å². The van der Waals surface area contributed by atoms with Crippen molar-refractivity contribution in [1.82, 2.24) is 10.1 Å². The highest BCUT2D eigenvalue weighted by Crippen LogP contribution is 2.22. The van der Waals surface area contributed by atoms with Crippen molar-refractivity contribution in [3.8, 4) is 0 Å². The van der Waals surface area contributed by atoms with E-state index in [-0.39, 0.29) is 12.0 Å².